The summed E-state index contributed by atoms with van der Waals surface area (Å²) in [6, 6.07) is -0.0129. The van der Waals surface area contributed by atoms with E-state index in [1.54, 1.807) is 6.92 Å². The summed E-state index contributed by atoms with van der Waals surface area (Å²) in [5, 5.41) is 2.57. The van der Waals surface area contributed by atoms with Gasteiger partial charge < -0.3 is 5.32 Å². The molecule has 0 aromatic carbocycles. The normalized spacial score (nSPS) is 21.1. The quantitative estimate of drug-likeness (QED) is 0.623. The highest BCUT2D eigenvalue weighted by molar-refractivity contribution is 5.27. The highest BCUT2D eigenvalue weighted by atomic mass is 19.4. The van der Waals surface area contributed by atoms with Gasteiger partial charge in [0.25, 0.3) is 0 Å². The third-order valence-corrected chi connectivity index (χ3v) is 1.39. The number of dihydropyridines is 1. The van der Waals surface area contributed by atoms with Crippen LogP contribution in [0.1, 0.15) is 20.8 Å². The van der Waals surface area contributed by atoms with E-state index in [1.807, 2.05) is 13.8 Å². The average Bonchev–Trinajstić information content (AvgIpc) is 2.07. The van der Waals surface area contributed by atoms with Crippen LogP contribution in [0.4, 0.5) is 13.2 Å². The third-order valence-electron chi connectivity index (χ3n) is 1.39. The zero-order valence-electron chi connectivity index (χ0n) is 7.94. The zero-order chi connectivity index (χ0) is 10.5. The Kier molecular flexibility index (Phi) is 4.59. The van der Waals surface area contributed by atoms with Crippen LogP contribution < -0.4 is 5.32 Å². The first kappa shape index (κ1) is 12.1. The second kappa shape index (κ2) is 4.94. The molecule has 0 aliphatic carbocycles. The molecule has 1 rings (SSSR count). The summed E-state index contributed by atoms with van der Waals surface area (Å²) in [6.45, 7) is 5.78. The highest BCUT2D eigenvalue weighted by Crippen LogP contribution is 2.27. The summed E-state index contributed by atoms with van der Waals surface area (Å²) in [6.07, 6.45) is -0.682. The Bertz CT molecular complexity index is 203. The largest absolute Gasteiger partial charge is 0.417 e. The van der Waals surface area contributed by atoms with E-state index in [1.165, 1.54) is 6.08 Å². The molecule has 1 N–H and O–H groups in total. The van der Waals surface area contributed by atoms with Crippen LogP contribution in [0.2, 0.25) is 0 Å². The number of halogens is 3. The van der Waals surface area contributed by atoms with Crippen molar-refractivity contribution in [2.75, 3.05) is 0 Å². The lowest BCUT2D eigenvalue weighted by Gasteiger charge is -2.15. The van der Waals surface area contributed by atoms with Crippen molar-refractivity contribution in [2.24, 2.45) is 0 Å². The van der Waals surface area contributed by atoms with Crippen LogP contribution in [-0.4, -0.2) is 12.2 Å². The fourth-order valence-electron chi connectivity index (χ4n) is 0.749. The highest BCUT2D eigenvalue weighted by Gasteiger charge is 2.32. The summed E-state index contributed by atoms with van der Waals surface area (Å²) in [7, 11) is 0. The fraction of sp³-hybridized carbons (Fsp3) is 0.556. The molecule has 1 unspecified atom stereocenters. The summed E-state index contributed by atoms with van der Waals surface area (Å²) in [5.41, 5.74) is -0.629. The van der Waals surface area contributed by atoms with Gasteiger partial charge >= 0.3 is 6.18 Å². The number of allylic oxidation sites excluding steroid dienone is 2. The van der Waals surface area contributed by atoms with Gasteiger partial charge in [0.05, 0.1) is 5.57 Å². The molecule has 1 aliphatic heterocycles. The molecular formula is C9H14F3N. The minimum Gasteiger partial charge on any atom is -0.384 e. The number of nitrogens with one attached hydrogen (secondary N) is 1. The van der Waals surface area contributed by atoms with Crippen molar-refractivity contribution in [2.45, 2.75) is 33.0 Å². The monoisotopic (exact) mass is 193 g/mol. The van der Waals surface area contributed by atoms with Gasteiger partial charge in [-0.3, -0.25) is 0 Å². The van der Waals surface area contributed by atoms with E-state index >= 15 is 0 Å². The molecule has 0 spiro atoms. The Morgan fingerprint density at radius 3 is 2.15 bits per heavy atom. The predicted molar refractivity (Wildman–Crippen MR) is 47.2 cm³/mol. The topological polar surface area (TPSA) is 12.0 Å². The molecule has 0 bridgehead atoms. The zero-order valence-corrected chi connectivity index (χ0v) is 7.94. The minimum absolute atomic E-state index is 0.0129. The molecule has 0 amide bonds. The van der Waals surface area contributed by atoms with Gasteiger partial charge in [-0.1, -0.05) is 26.0 Å². The van der Waals surface area contributed by atoms with Gasteiger partial charge in [0.1, 0.15) is 0 Å². The summed E-state index contributed by atoms with van der Waals surface area (Å²) in [5.74, 6) is 0. The van der Waals surface area contributed by atoms with Crippen molar-refractivity contribution in [1.82, 2.24) is 5.32 Å². The number of alkyl halides is 3. The van der Waals surface area contributed by atoms with E-state index in [0.29, 0.717) is 0 Å². The molecule has 13 heavy (non-hydrogen) atoms. The second-order valence-corrected chi connectivity index (χ2v) is 2.41. The standard InChI is InChI=1S/C7H8F3N.C2H6/c1-5-2-3-6(4-11-5)7(8,9)10;1-2/h2-5,11H,1H3;1-2H3. The van der Waals surface area contributed by atoms with E-state index in [9.17, 15) is 13.2 Å². The maximum absolute atomic E-state index is 11.9. The van der Waals surface area contributed by atoms with E-state index < -0.39 is 11.7 Å². The number of hydrogen-bond donors (Lipinski definition) is 1. The molecular weight excluding hydrogens is 179 g/mol. The van der Waals surface area contributed by atoms with E-state index in [0.717, 1.165) is 12.3 Å². The molecule has 4 heteroatoms. The second-order valence-electron chi connectivity index (χ2n) is 2.41. The molecule has 0 saturated heterocycles. The molecule has 76 valence electrons. The van der Waals surface area contributed by atoms with Crippen LogP contribution in [0.25, 0.3) is 0 Å². The summed E-state index contributed by atoms with van der Waals surface area (Å²) >= 11 is 0. The van der Waals surface area contributed by atoms with E-state index in [4.69, 9.17) is 0 Å². The van der Waals surface area contributed by atoms with Crippen molar-refractivity contribution in [1.29, 1.82) is 0 Å². The molecule has 1 heterocycles. The Labute approximate surface area is 76.3 Å². The Morgan fingerprint density at radius 1 is 1.31 bits per heavy atom. The van der Waals surface area contributed by atoms with Gasteiger partial charge in [-0.25, -0.2) is 0 Å². The molecule has 0 fully saturated rings. The molecule has 0 aromatic heterocycles. The smallest absolute Gasteiger partial charge is 0.384 e. The van der Waals surface area contributed by atoms with Crippen molar-refractivity contribution in [3.63, 3.8) is 0 Å². The van der Waals surface area contributed by atoms with Gasteiger partial charge in [-0.05, 0) is 6.92 Å². The van der Waals surface area contributed by atoms with Crippen molar-refractivity contribution in [3.8, 4) is 0 Å². The molecule has 0 aromatic rings. The van der Waals surface area contributed by atoms with Gasteiger partial charge in [0.15, 0.2) is 0 Å². The van der Waals surface area contributed by atoms with Gasteiger partial charge in [0.2, 0.25) is 0 Å². The Balaban J connectivity index is 0.000000671. The first-order valence-corrected chi connectivity index (χ1v) is 4.22. The first-order valence-electron chi connectivity index (χ1n) is 4.22. The SMILES string of the molecule is CC.CC1C=CC(C(F)(F)F)=CN1. The van der Waals surface area contributed by atoms with Crippen LogP contribution >= 0.6 is 0 Å². The van der Waals surface area contributed by atoms with Gasteiger partial charge in [-0.15, -0.1) is 0 Å². The maximum Gasteiger partial charge on any atom is 0.417 e. The lowest BCUT2D eigenvalue weighted by Crippen LogP contribution is -2.25. The fourth-order valence-corrected chi connectivity index (χ4v) is 0.749. The first-order chi connectivity index (χ1) is 6.00. The molecule has 1 aliphatic rings. The molecule has 1 atom stereocenters. The predicted octanol–water partition coefficient (Wildman–Crippen LogP) is 3.01. The van der Waals surface area contributed by atoms with Crippen LogP contribution in [0, 0.1) is 0 Å². The lowest BCUT2D eigenvalue weighted by atomic mass is 10.1. The molecule has 0 radical (unpaired) electrons. The van der Waals surface area contributed by atoms with Gasteiger partial charge in [0, 0.05) is 12.2 Å². The number of rotatable bonds is 0. The van der Waals surface area contributed by atoms with Gasteiger partial charge in [-0.2, -0.15) is 13.2 Å². The summed E-state index contributed by atoms with van der Waals surface area (Å²) < 4.78 is 35.7. The van der Waals surface area contributed by atoms with E-state index in [-0.39, 0.29) is 6.04 Å². The van der Waals surface area contributed by atoms with Crippen molar-refractivity contribution < 1.29 is 13.2 Å². The van der Waals surface area contributed by atoms with Crippen LogP contribution in [-0.2, 0) is 0 Å². The Hall–Kier alpha value is -0.930. The van der Waals surface area contributed by atoms with Crippen LogP contribution in [0.15, 0.2) is 23.9 Å². The average molecular weight is 193 g/mol. The van der Waals surface area contributed by atoms with Crippen molar-refractivity contribution in [3.05, 3.63) is 23.9 Å². The van der Waals surface area contributed by atoms with Crippen LogP contribution in [0.5, 0.6) is 0 Å². The molecule has 1 nitrogen and oxygen atoms in total. The minimum atomic E-state index is -4.23. The third kappa shape index (κ3) is 4.01. The van der Waals surface area contributed by atoms with Crippen LogP contribution in [0.3, 0.4) is 0 Å². The Morgan fingerprint density at radius 2 is 1.85 bits per heavy atom. The van der Waals surface area contributed by atoms with E-state index in [2.05, 4.69) is 5.32 Å². The molecule has 0 saturated carbocycles. The lowest BCUT2D eigenvalue weighted by molar-refractivity contribution is -0.0888. The number of hydrogen-bond acceptors (Lipinski definition) is 1. The van der Waals surface area contributed by atoms with Crippen molar-refractivity contribution >= 4 is 0 Å². The maximum atomic E-state index is 11.9. The summed E-state index contributed by atoms with van der Waals surface area (Å²) in [4.78, 5) is 0.